The zero-order chi connectivity index (χ0) is 18.4. The molecule has 25 heavy (non-hydrogen) atoms. The van der Waals surface area contributed by atoms with E-state index in [9.17, 15) is 9.59 Å². The van der Waals surface area contributed by atoms with Crippen LogP contribution < -0.4 is 5.32 Å². The number of amides is 1. The van der Waals surface area contributed by atoms with Crippen LogP contribution in [-0.4, -0.2) is 82.1 Å². The first-order valence-electron chi connectivity index (χ1n) is 8.43. The van der Waals surface area contributed by atoms with Crippen LogP contribution in [0.3, 0.4) is 0 Å². The SMILES string of the molecule is COC(=O)N[C@@H](COCN1CC2(C[C@H]1C(=O)OC)OCCO2)C(C)C.[HH]. The molecule has 1 amide bonds. The molecule has 9 nitrogen and oxygen atoms in total. The number of likely N-dealkylation sites (tertiary alicyclic amines) is 1. The van der Waals surface area contributed by atoms with Gasteiger partial charge in [-0.05, 0) is 5.92 Å². The van der Waals surface area contributed by atoms with Gasteiger partial charge in [0.25, 0.3) is 0 Å². The molecule has 0 radical (unpaired) electrons. The molecule has 0 aromatic rings. The predicted octanol–water partition coefficient (Wildman–Crippen LogP) is 0.578. The first kappa shape index (κ1) is 19.9. The average Bonchev–Trinajstić information content (AvgIpc) is 3.20. The number of ether oxygens (including phenoxy) is 5. The summed E-state index contributed by atoms with van der Waals surface area (Å²) in [5.74, 6) is -0.932. The number of nitrogens with zero attached hydrogens (tertiary/aromatic N) is 1. The van der Waals surface area contributed by atoms with Gasteiger partial charge in [0.2, 0.25) is 0 Å². The van der Waals surface area contributed by atoms with Crippen molar-refractivity contribution in [1.29, 1.82) is 0 Å². The third-order valence-corrected chi connectivity index (χ3v) is 4.52. The number of carbonyl (C=O) groups is 2. The maximum absolute atomic E-state index is 12.1. The molecule has 1 spiro atoms. The van der Waals surface area contributed by atoms with E-state index >= 15 is 0 Å². The summed E-state index contributed by atoms with van der Waals surface area (Å²) in [6, 6.07) is -0.672. The zero-order valence-electron chi connectivity index (χ0n) is 15.3. The summed E-state index contributed by atoms with van der Waals surface area (Å²) in [4.78, 5) is 25.3. The number of carbonyl (C=O) groups excluding carboxylic acids is 2. The highest BCUT2D eigenvalue weighted by Crippen LogP contribution is 2.35. The summed E-state index contributed by atoms with van der Waals surface area (Å²) in [5.41, 5.74) is 0. The van der Waals surface area contributed by atoms with E-state index in [2.05, 4.69) is 10.1 Å². The molecule has 9 heteroatoms. The van der Waals surface area contributed by atoms with Crippen LogP contribution in [0.4, 0.5) is 4.79 Å². The molecule has 0 bridgehead atoms. The second-order valence-corrected chi connectivity index (χ2v) is 6.58. The predicted molar refractivity (Wildman–Crippen MR) is 88.9 cm³/mol. The summed E-state index contributed by atoms with van der Waals surface area (Å²) in [7, 11) is 2.68. The van der Waals surface area contributed by atoms with Gasteiger partial charge in [0, 0.05) is 7.85 Å². The Kier molecular flexibility index (Phi) is 7.00. The molecule has 2 atom stereocenters. The van der Waals surface area contributed by atoms with Crippen molar-refractivity contribution < 1.29 is 34.7 Å². The van der Waals surface area contributed by atoms with Crippen LogP contribution in [-0.2, 0) is 28.5 Å². The van der Waals surface area contributed by atoms with Crippen LogP contribution in [0.2, 0.25) is 0 Å². The summed E-state index contributed by atoms with van der Waals surface area (Å²) in [6.07, 6.45) is -0.0838. The van der Waals surface area contributed by atoms with Gasteiger partial charge in [-0.3, -0.25) is 9.69 Å². The van der Waals surface area contributed by atoms with Gasteiger partial charge in [-0.2, -0.15) is 0 Å². The number of alkyl carbamates (subject to hydrolysis) is 1. The number of hydrogen-bond acceptors (Lipinski definition) is 8. The third-order valence-electron chi connectivity index (χ3n) is 4.52. The van der Waals surface area contributed by atoms with E-state index in [0.29, 0.717) is 32.8 Å². The minimum absolute atomic E-state index is 0. The van der Waals surface area contributed by atoms with Crippen molar-refractivity contribution in [2.45, 2.75) is 38.1 Å². The molecule has 0 aliphatic carbocycles. The minimum Gasteiger partial charge on any atom is -0.468 e. The normalized spacial score (nSPS) is 23.8. The van der Waals surface area contributed by atoms with Gasteiger partial charge in [-0.15, -0.1) is 0 Å². The van der Waals surface area contributed by atoms with Crippen molar-refractivity contribution in [3.05, 3.63) is 0 Å². The zero-order valence-corrected chi connectivity index (χ0v) is 15.3. The van der Waals surface area contributed by atoms with Crippen LogP contribution in [0, 0.1) is 5.92 Å². The topological polar surface area (TPSA) is 95.6 Å². The fourth-order valence-electron chi connectivity index (χ4n) is 3.03. The Bertz CT molecular complexity index is 472. The standard InChI is InChI=1S/C16H28N2O7.H2/c1-11(2)12(17-15(20)22-4)8-23-10-18-9-16(24-5-6-25-16)7-13(18)14(19)21-3;/h11-13H,5-10H2,1-4H3,(H,17,20);1H/t12-,13-;/m0./s1. The Morgan fingerprint density at radius 3 is 2.52 bits per heavy atom. The quantitative estimate of drug-likeness (QED) is 0.657. The molecule has 1 N–H and O–H groups in total. The molecule has 2 aliphatic heterocycles. The maximum Gasteiger partial charge on any atom is 0.407 e. The second-order valence-electron chi connectivity index (χ2n) is 6.58. The van der Waals surface area contributed by atoms with Crippen molar-refractivity contribution in [1.82, 2.24) is 10.2 Å². The maximum atomic E-state index is 12.1. The highest BCUT2D eigenvalue weighted by Gasteiger charge is 2.51. The number of hydrogen-bond donors (Lipinski definition) is 1. The lowest BCUT2D eigenvalue weighted by molar-refractivity contribution is -0.152. The van der Waals surface area contributed by atoms with E-state index in [0.717, 1.165) is 0 Å². The molecule has 0 aromatic heterocycles. The Morgan fingerprint density at radius 1 is 1.28 bits per heavy atom. The largest absolute Gasteiger partial charge is 0.468 e. The van der Waals surface area contributed by atoms with E-state index in [-0.39, 0.29) is 26.1 Å². The number of methoxy groups -OCH3 is 2. The van der Waals surface area contributed by atoms with Crippen LogP contribution >= 0.6 is 0 Å². The van der Waals surface area contributed by atoms with E-state index < -0.39 is 17.9 Å². The van der Waals surface area contributed by atoms with E-state index in [1.165, 1.54) is 14.2 Å². The number of esters is 1. The van der Waals surface area contributed by atoms with Crippen molar-refractivity contribution >= 4 is 12.1 Å². The molecule has 2 heterocycles. The lowest BCUT2D eigenvalue weighted by atomic mass is 10.1. The highest BCUT2D eigenvalue weighted by molar-refractivity contribution is 5.76. The van der Waals surface area contributed by atoms with Crippen molar-refractivity contribution in [3.8, 4) is 0 Å². The molecular weight excluding hydrogens is 332 g/mol. The summed E-state index contributed by atoms with van der Waals surface area (Å²) in [6.45, 7) is 5.93. The van der Waals surface area contributed by atoms with Crippen molar-refractivity contribution in [3.63, 3.8) is 0 Å². The Morgan fingerprint density at radius 2 is 1.96 bits per heavy atom. The van der Waals surface area contributed by atoms with Crippen molar-refractivity contribution in [2.75, 3.05) is 47.3 Å². The first-order chi connectivity index (χ1) is 11.9. The van der Waals surface area contributed by atoms with Gasteiger partial charge in [0.15, 0.2) is 5.79 Å². The molecule has 0 aromatic carbocycles. The smallest absolute Gasteiger partial charge is 0.407 e. The van der Waals surface area contributed by atoms with Gasteiger partial charge in [0.1, 0.15) is 6.04 Å². The fourth-order valence-corrected chi connectivity index (χ4v) is 3.03. The monoisotopic (exact) mass is 362 g/mol. The lowest BCUT2D eigenvalue weighted by Gasteiger charge is -2.26. The number of nitrogens with one attached hydrogen (secondary N) is 1. The molecule has 2 aliphatic rings. The summed E-state index contributed by atoms with van der Waals surface area (Å²) >= 11 is 0. The van der Waals surface area contributed by atoms with Crippen LogP contribution in [0.1, 0.15) is 21.7 Å². The molecule has 146 valence electrons. The molecule has 2 fully saturated rings. The van der Waals surface area contributed by atoms with Gasteiger partial charge < -0.3 is 29.0 Å². The number of rotatable bonds is 7. The average molecular weight is 362 g/mol. The molecule has 2 saturated heterocycles. The van der Waals surface area contributed by atoms with E-state index in [4.69, 9.17) is 18.9 Å². The van der Waals surface area contributed by atoms with Crippen LogP contribution in [0.25, 0.3) is 0 Å². The molecule has 2 rings (SSSR count). The van der Waals surface area contributed by atoms with Gasteiger partial charge >= 0.3 is 12.1 Å². The second kappa shape index (κ2) is 8.79. The lowest BCUT2D eigenvalue weighted by Crippen LogP contribution is -2.44. The van der Waals surface area contributed by atoms with E-state index in [1.54, 1.807) is 0 Å². The Balaban J connectivity index is 0.00000338. The summed E-state index contributed by atoms with van der Waals surface area (Å²) in [5, 5.41) is 2.74. The molecule has 0 unspecified atom stereocenters. The van der Waals surface area contributed by atoms with Gasteiger partial charge in [-0.1, -0.05) is 13.8 Å². The molecule has 0 saturated carbocycles. The minimum atomic E-state index is -0.760. The van der Waals surface area contributed by atoms with Crippen LogP contribution in [0.5, 0.6) is 0 Å². The van der Waals surface area contributed by atoms with Crippen molar-refractivity contribution in [2.24, 2.45) is 5.92 Å². The Labute approximate surface area is 149 Å². The van der Waals surface area contributed by atoms with Gasteiger partial charge in [-0.25, -0.2) is 4.79 Å². The Hall–Kier alpha value is -1.42. The first-order valence-corrected chi connectivity index (χ1v) is 8.43. The molecular formula is C16H30N2O7. The third kappa shape index (κ3) is 5.04. The van der Waals surface area contributed by atoms with Gasteiger partial charge in [0.05, 0.1) is 53.4 Å². The van der Waals surface area contributed by atoms with E-state index in [1.807, 2.05) is 18.7 Å². The van der Waals surface area contributed by atoms with Crippen LogP contribution in [0.15, 0.2) is 0 Å². The fraction of sp³-hybridized carbons (Fsp3) is 0.875. The highest BCUT2D eigenvalue weighted by atomic mass is 16.7. The summed E-state index contributed by atoms with van der Waals surface area (Å²) < 4.78 is 26.6.